The molecule has 2 heteroatoms. The normalized spacial score (nSPS) is 49.2. The van der Waals surface area contributed by atoms with E-state index in [1.165, 1.54) is 0 Å². The van der Waals surface area contributed by atoms with Crippen molar-refractivity contribution in [3.05, 3.63) is 0 Å². The molecular weight excluding hydrogens is 134 g/mol. The summed E-state index contributed by atoms with van der Waals surface area (Å²) >= 11 is 0. The summed E-state index contributed by atoms with van der Waals surface area (Å²) < 4.78 is 25.3. The van der Waals surface area contributed by atoms with Crippen molar-refractivity contribution in [3.8, 4) is 0 Å². The minimum atomic E-state index is -1.20. The van der Waals surface area contributed by atoms with Gasteiger partial charge in [-0.05, 0) is 24.7 Å². The number of alkyl halides is 2. The van der Waals surface area contributed by atoms with Gasteiger partial charge in [-0.3, -0.25) is 0 Å². The molecule has 0 aromatic carbocycles. The molecule has 0 radical (unpaired) electrons. The first-order valence-corrected chi connectivity index (χ1v) is 3.89. The molecule has 0 heterocycles. The van der Waals surface area contributed by atoms with Gasteiger partial charge in [0.1, 0.15) is 12.3 Å². The first kappa shape index (κ1) is 7.96. The second-order valence-corrected chi connectivity index (χ2v) is 3.46. The second-order valence-electron chi connectivity index (χ2n) is 3.46. The third kappa shape index (κ3) is 1.47. The zero-order valence-corrected chi connectivity index (χ0v) is 6.48. The van der Waals surface area contributed by atoms with Gasteiger partial charge in [-0.2, -0.15) is 0 Å². The molecular formula is C8H14F2. The van der Waals surface area contributed by atoms with Crippen molar-refractivity contribution in [1.82, 2.24) is 0 Å². The standard InChI is InChI=1S/C8H14F2/c1-5-3-7(9)8(10)4-6(5)2/h5-8H,3-4H2,1-2H3/t5-,6+,7?,8?. The van der Waals surface area contributed by atoms with Gasteiger partial charge in [-0.25, -0.2) is 8.78 Å². The maximum atomic E-state index is 12.6. The summed E-state index contributed by atoms with van der Waals surface area (Å²) in [4.78, 5) is 0. The smallest absolute Gasteiger partial charge is 0.131 e. The molecule has 0 spiro atoms. The Morgan fingerprint density at radius 1 is 0.900 bits per heavy atom. The molecule has 0 bridgehead atoms. The van der Waals surface area contributed by atoms with Gasteiger partial charge in [-0.15, -0.1) is 0 Å². The SMILES string of the molecule is C[C@@H]1CC(F)C(F)C[C@@H]1C. The van der Waals surface area contributed by atoms with E-state index in [0.717, 1.165) is 0 Å². The van der Waals surface area contributed by atoms with Crippen LogP contribution >= 0.6 is 0 Å². The van der Waals surface area contributed by atoms with Crippen LogP contribution in [0.15, 0.2) is 0 Å². The van der Waals surface area contributed by atoms with Crippen molar-refractivity contribution in [2.75, 3.05) is 0 Å². The molecule has 1 aliphatic rings. The molecule has 10 heavy (non-hydrogen) atoms. The Morgan fingerprint density at radius 3 is 1.50 bits per heavy atom. The lowest BCUT2D eigenvalue weighted by molar-refractivity contribution is 0.0628. The Balaban J connectivity index is 2.46. The average Bonchev–Trinajstić information content (AvgIpc) is 1.84. The fourth-order valence-corrected chi connectivity index (χ4v) is 1.47. The Hall–Kier alpha value is -0.140. The Bertz CT molecular complexity index is 87.8. The molecule has 0 aromatic rings. The number of halogens is 2. The van der Waals surface area contributed by atoms with Crippen LogP contribution in [0.3, 0.4) is 0 Å². The minimum absolute atomic E-state index is 0.349. The van der Waals surface area contributed by atoms with E-state index >= 15 is 0 Å². The molecule has 1 rings (SSSR count). The van der Waals surface area contributed by atoms with Crippen molar-refractivity contribution >= 4 is 0 Å². The molecule has 0 N–H and O–H groups in total. The van der Waals surface area contributed by atoms with E-state index in [-0.39, 0.29) is 0 Å². The predicted molar refractivity (Wildman–Crippen MR) is 37.4 cm³/mol. The molecule has 0 aromatic heterocycles. The van der Waals surface area contributed by atoms with E-state index in [1.807, 2.05) is 13.8 Å². The lowest BCUT2D eigenvalue weighted by atomic mass is 9.80. The van der Waals surface area contributed by atoms with Gasteiger partial charge < -0.3 is 0 Å². The van der Waals surface area contributed by atoms with Gasteiger partial charge in [-0.1, -0.05) is 13.8 Å². The van der Waals surface area contributed by atoms with E-state index in [2.05, 4.69) is 0 Å². The summed E-state index contributed by atoms with van der Waals surface area (Å²) in [5.74, 6) is 0.698. The largest absolute Gasteiger partial charge is 0.244 e. The van der Waals surface area contributed by atoms with Gasteiger partial charge in [0.25, 0.3) is 0 Å². The van der Waals surface area contributed by atoms with Crippen LogP contribution in [0.1, 0.15) is 26.7 Å². The van der Waals surface area contributed by atoms with Crippen LogP contribution in [-0.4, -0.2) is 12.3 Å². The lowest BCUT2D eigenvalue weighted by Crippen LogP contribution is -2.31. The summed E-state index contributed by atoms with van der Waals surface area (Å²) in [7, 11) is 0. The third-order valence-corrected chi connectivity index (χ3v) is 2.56. The summed E-state index contributed by atoms with van der Waals surface area (Å²) in [5, 5.41) is 0. The van der Waals surface area contributed by atoms with Gasteiger partial charge in [0.2, 0.25) is 0 Å². The number of hydrogen-bond donors (Lipinski definition) is 0. The summed E-state index contributed by atoms with van der Waals surface area (Å²) in [6.07, 6.45) is -1.60. The maximum absolute atomic E-state index is 12.6. The molecule has 1 aliphatic carbocycles. The average molecular weight is 148 g/mol. The Morgan fingerprint density at radius 2 is 1.20 bits per heavy atom. The monoisotopic (exact) mass is 148 g/mol. The molecule has 4 atom stereocenters. The number of hydrogen-bond acceptors (Lipinski definition) is 0. The van der Waals surface area contributed by atoms with Crippen LogP contribution in [0, 0.1) is 11.8 Å². The zero-order chi connectivity index (χ0) is 7.72. The summed E-state index contributed by atoms with van der Waals surface area (Å²) in [6, 6.07) is 0. The van der Waals surface area contributed by atoms with Crippen LogP contribution in [0.2, 0.25) is 0 Å². The van der Waals surface area contributed by atoms with Crippen molar-refractivity contribution < 1.29 is 8.78 Å². The lowest BCUT2D eigenvalue weighted by Gasteiger charge is -2.30. The van der Waals surface area contributed by atoms with E-state index < -0.39 is 12.3 Å². The third-order valence-electron chi connectivity index (χ3n) is 2.56. The van der Waals surface area contributed by atoms with Crippen molar-refractivity contribution in [3.63, 3.8) is 0 Å². The Labute approximate surface area is 60.6 Å². The van der Waals surface area contributed by atoms with Crippen molar-refractivity contribution in [2.45, 2.75) is 39.0 Å². The molecule has 2 unspecified atom stereocenters. The van der Waals surface area contributed by atoms with Gasteiger partial charge in [0.05, 0.1) is 0 Å². The Kier molecular flexibility index (Phi) is 2.27. The molecule has 0 aliphatic heterocycles. The highest BCUT2D eigenvalue weighted by Gasteiger charge is 2.32. The highest BCUT2D eigenvalue weighted by atomic mass is 19.2. The quantitative estimate of drug-likeness (QED) is 0.495. The number of rotatable bonds is 0. The van der Waals surface area contributed by atoms with Crippen LogP contribution < -0.4 is 0 Å². The predicted octanol–water partition coefficient (Wildman–Crippen LogP) is 2.73. The molecule has 1 fully saturated rings. The topological polar surface area (TPSA) is 0 Å². The van der Waals surface area contributed by atoms with E-state index in [1.54, 1.807) is 0 Å². The second kappa shape index (κ2) is 2.85. The first-order valence-electron chi connectivity index (χ1n) is 3.89. The van der Waals surface area contributed by atoms with Gasteiger partial charge in [0, 0.05) is 0 Å². The fraction of sp³-hybridized carbons (Fsp3) is 1.00. The maximum Gasteiger partial charge on any atom is 0.131 e. The van der Waals surface area contributed by atoms with Gasteiger partial charge >= 0.3 is 0 Å². The molecule has 0 nitrogen and oxygen atoms in total. The van der Waals surface area contributed by atoms with E-state index in [0.29, 0.717) is 24.7 Å². The minimum Gasteiger partial charge on any atom is -0.244 e. The first-order chi connectivity index (χ1) is 4.61. The van der Waals surface area contributed by atoms with E-state index in [9.17, 15) is 8.78 Å². The molecule has 0 amide bonds. The summed E-state index contributed by atoms with van der Waals surface area (Å²) in [5.41, 5.74) is 0. The van der Waals surface area contributed by atoms with Crippen LogP contribution in [0.5, 0.6) is 0 Å². The zero-order valence-electron chi connectivity index (χ0n) is 6.48. The van der Waals surface area contributed by atoms with Gasteiger partial charge in [0.15, 0.2) is 0 Å². The highest BCUT2D eigenvalue weighted by molar-refractivity contribution is 4.81. The van der Waals surface area contributed by atoms with Crippen molar-refractivity contribution in [2.24, 2.45) is 11.8 Å². The van der Waals surface area contributed by atoms with Crippen LogP contribution in [-0.2, 0) is 0 Å². The molecule has 1 saturated carbocycles. The summed E-state index contributed by atoms with van der Waals surface area (Å²) in [6.45, 7) is 3.98. The van der Waals surface area contributed by atoms with E-state index in [4.69, 9.17) is 0 Å². The molecule has 60 valence electrons. The van der Waals surface area contributed by atoms with Crippen LogP contribution in [0.4, 0.5) is 8.78 Å². The van der Waals surface area contributed by atoms with Crippen molar-refractivity contribution in [1.29, 1.82) is 0 Å². The fourth-order valence-electron chi connectivity index (χ4n) is 1.47. The highest BCUT2D eigenvalue weighted by Crippen LogP contribution is 2.32. The molecule has 0 saturated heterocycles. The van der Waals surface area contributed by atoms with Crippen LogP contribution in [0.25, 0.3) is 0 Å².